The molecule has 1 N–H and O–H groups in total. The van der Waals surface area contributed by atoms with Crippen LogP contribution >= 0.6 is 11.6 Å². The quantitative estimate of drug-likeness (QED) is 0.566. The van der Waals surface area contributed by atoms with E-state index in [0.717, 1.165) is 33.8 Å². The van der Waals surface area contributed by atoms with Crippen molar-refractivity contribution in [2.24, 2.45) is 0 Å². The molecule has 4 rings (SSSR count). The summed E-state index contributed by atoms with van der Waals surface area (Å²) in [6.45, 7) is 2.29. The molecule has 0 bridgehead atoms. The molecular weight excluding hydrogens is 388 g/mol. The minimum atomic E-state index is -0.911. The van der Waals surface area contributed by atoms with Crippen molar-refractivity contribution in [3.63, 3.8) is 0 Å². The van der Waals surface area contributed by atoms with Gasteiger partial charge in [-0.25, -0.2) is 13.8 Å². The highest BCUT2D eigenvalue weighted by Crippen LogP contribution is 2.19. The standard InChI is InChI=1S/C19H14ClF2N5O/c1-11-3-2-4-17-25-13(10-26(11)17)8-23-15-9-24-27(19(28)18(15)20)16-6-5-12(21)7-14(16)22/h2-7,9-10,23H,8H2,1H3. The number of hydrogen-bond donors (Lipinski definition) is 1. The van der Waals surface area contributed by atoms with E-state index >= 15 is 0 Å². The average Bonchev–Trinajstić information content (AvgIpc) is 3.08. The third kappa shape index (κ3) is 3.22. The number of fused-ring (bicyclic) bond motifs is 1. The highest BCUT2D eigenvalue weighted by atomic mass is 35.5. The number of aryl methyl sites for hydroxylation is 1. The van der Waals surface area contributed by atoms with Gasteiger partial charge in [0, 0.05) is 18.0 Å². The Morgan fingerprint density at radius 3 is 2.79 bits per heavy atom. The summed E-state index contributed by atoms with van der Waals surface area (Å²) in [5.74, 6) is -1.66. The van der Waals surface area contributed by atoms with Crippen molar-refractivity contribution in [2.75, 3.05) is 5.32 Å². The van der Waals surface area contributed by atoms with Gasteiger partial charge in [0.15, 0.2) is 5.82 Å². The molecule has 1 aromatic carbocycles. The van der Waals surface area contributed by atoms with Crippen LogP contribution in [0.25, 0.3) is 11.3 Å². The van der Waals surface area contributed by atoms with Crippen molar-refractivity contribution in [1.29, 1.82) is 0 Å². The predicted octanol–water partition coefficient (Wildman–Crippen LogP) is 3.73. The number of nitrogens with zero attached hydrogens (tertiary/aromatic N) is 4. The second kappa shape index (κ2) is 7.05. The molecule has 4 aromatic rings. The number of halogens is 3. The van der Waals surface area contributed by atoms with Crippen molar-refractivity contribution in [1.82, 2.24) is 19.2 Å². The summed E-state index contributed by atoms with van der Waals surface area (Å²) in [6, 6.07) is 8.63. The van der Waals surface area contributed by atoms with Crippen LogP contribution in [0.1, 0.15) is 11.4 Å². The first-order valence-corrected chi connectivity index (χ1v) is 8.72. The number of anilines is 1. The van der Waals surface area contributed by atoms with E-state index in [1.807, 2.05) is 35.7 Å². The average molecular weight is 402 g/mol. The monoisotopic (exact) mass is 401 g/mol. The largest absolute Gasteiger partial charge is 0.377 e. The summed E-state index contributed by atoms with van der Waals surface area (Å²) >= 11 is 6.14. The van der Waals surface area contributed by atoms with Gasteiger partial charge in [0.1, 0.15) is 22.2 Å². The van der Waals surface area contributed by atoms with Gasteiger partial charge < -0.3 is 9.72 Å². The normalized spacial score (nSPS) is 11.1. The van der Waals surface area contributed by atoms with Crippen LogP contribution in [0.3, 0.4) is 0 Å². The zero-order valence-corrected chi connectivity index (χ0v) is 15.4. The van der Waals surface area contributed by atoms with Crippen molar-refractivity contribution in [3.8, 4) is 5.69 Å². The maximum atomic E-state index is 13.9. The highest BCUT2D eigenvalue weighted by molar-refractivity contribution is 6.32. The molecule has 0 spiro atoms. The molecular formula is C19H14ClF2N5O. The van der Waals surface area contributed by atoms with Crippen molar-refractivity contribution in [2.45, 2.75) is 13.5 Å². The summed E-state index contributed by atoms with van der Waals surface area (Å²) in [4.78, 5) is 17.0. The number of pyridine rings is 1. The van der Waals surface area contributed by atoms with Crippen LogP contribution in [-0.2, 0) is 6.54 Å². The summed E-state index contributed by atoms with van der Waals surface area (Å²) in [5.41, 5.74) is 1.99. The van der Waals surface area contributed by atoms with Gasteiger partial charge in [-0.3, -0.25) is 4.79 Å². The summed E-state index contributed by atoms with van der Waals surface area (Å²) in [6.07, 6.45) is 3.20. The van der Waals surface area contributed by atoms with E-state index in [2.05, 4.69) is 15.4 Å². The maximum absolute atomic E-state index is 13.9. The van der Waals surface area contributed by atoms with Gasteiger partial charge in [-0.05, 0) is 31.2 Å². The first-order valence-electron chi connectivity index (χ1n) is 8.35. The third-order valence-corrected chi connectivity index (χ3v) is 4.63. The number of rotatable bonds is 4. The number of nitrogens with one attached hydrogen (secondary N) is 1. The van der Waals surface area contributed by atoms with Crippen LogP contribution in [-0.4, -0.2) is 19.2 Å². The molecule has 142 valence electrons. The molecule has 0 saturated carbocycles. The fourth-order valence-electron chi connectivity index (χ4n) is 2.85. The Balaban J connectivity index is 1.61. The fraction of sp³-hybridized carbons (Fsp3) is 0.105. The third-order valence-electron chi connectivity index (χ3n) is 4.26. The summed E-state index contributed by atoms with van der Waals surface area (Å²) in [5, 5.41) is 6.80. The number of imidazole rings is 1. The molecule has 0 aliphatic rings. The van der Waals surface area contributed by atoms with Gasteiger partial charge in [-0.2, -0.15) is 9.78 Å². The molecule has 0 saturated heterocycles. The lowest BCUT2D eigenvalue weighted by atomic mass is 10.3. The van der Waals surface area contributed by atoms with Gasteiger partial charge in [0.05, 0.1) is 24.1 Å². The van der Waals surface area contributed by atoms with Crippen molar-refractivity contribution >= 4 is 22.9 Å². The molecule has 6 nitrogen and oxygen atoms in total. The lowest BCUT2D eigenvalue weighted by Gasteiger charge is -2.10. The molecule has 0 aliphatic heterocycles. The second-order valence-corrected chi connectivity index (χ2v) is 6.54. The van der Waals surface area contributed by atoms with Gasteiger partial charge in [0.2, 0.25) is 0 Å². The molecule has 28 heavy (non-hydrogen) atoms. The van der Waals surface area contributed by atoms with E-state index in [1.54, 1.807) is 0 Å². The molecule has 0 radical (unpaired) electrons. The SMILES string of the molecule is Cc1cccc2nc(CNc3cnn(-c4ccc(F)cc4F)c(=O)c3Cl)cn12. The lowest BCUT2D eigenvalue weighted by molar-refractivity contribution is 0.571. The Morgan fingerprint density at radius 2 is 2.04 bits per heavy atom. The Kier molecular flexibility index (Phi) is 4.56. The smallest absolute Gasteiger partial charge is 0.292 e. The van der Waals surface area contributed by atoms with E-state index in [-0.39, 0.29) is 10.7 Å². The minimum Gasteiger partial charge on any atom is -0.377 e. The predicted molar refractivity (Wildman–Crippen MR) is 102 cm³/mol. The first kappa shape index (κ1) is 18.1. The zero-order valence-electron chi connectivity index (χ0n) is 14.7. The van der Waals surface area contributed by atoms with Gasteiger partial charge in [-0.15, -0.1) is 0 Å². The molecule has 0 unspecified atom stereocenters. The molecule has 0 aliphatic carbocycles. The Labute approximate surface area is 163 Å². The van der Waals surface area contributed by atoms with E-state index in [1.165, 1.54) is 6.20 Å². The van der Waals surface area contributed by atoms with E-state index in [4.69, 9.17) is 11.6 Å². The minimum absolute atomic E-state index is 0.154. The van der Waals surface area contributed by atoms with Gasteiger partial charge in [-0.1, -0.05) is 17.7 Å². The van der Waals surface area contributed by atoms with Gasteiger partial charge >= 0.3 is 0 Å². The summed E-state index contributed by atoms with van der Waals surface area (Å²) < 4.78 is 29.8. The first-order chi connectivity index (χ1) is 13.4. The lowest BCUT2D eigenvalue weighted by Crippen LogP contribution is -2.23. The zero-order chi connectivity index (χ0) is 19.8. The molecule has 0 amide bonds. The molecule has 0 fully saturated rings. The van der Waals surface area contributed by atoms with Crippen LogP contribution in [0.15, 0.2) is 53.6 Å². The fourth-order valence-corrected chi connectivity index (χ4v) is 3.05. The molecule has 3 heterocycles. The van der Waals surface area contributed by atoms with E-state index in [0.29, 0.717) is 18.3 Å². The highest BCUT2D eigenvalue weighted by Gasteiger charge is 2.14. The Bertz CT molecular complexity index is 1250. The van der Waals surface area contributed by atoms with Gasteiger partial charge in [0.25, 0.3) is 5.56 Å². The number of aromatic nitrogens is 4. The molecule has 9 heteroatoms. The number of benzene rings is 1. The van der Waals surface area contributed by atoms with Crippen LogP contribution in [0, 0.1) is 18.6 Å². The van der Waals surface area contributed by atoms with Crippen molar-refractivity contribution < 1.29 is 8.78 Å². The van der Waals surface area contributed by atoms with Crippen molar-refractivity contribution in [3.05, 3.63) is 87.2 Å². The molecule has 3 aromatic heterocycles. The summed E-state index contributed by atoms with van der Waals surface area (Å²) in [7, 11) is 0. The molecule has 0 atom stereocenters. The van der Waals surface area contributed by atoms with Crippen LogP contribution in [0.4, 0.5) is 14.5 Å². The topological polar surface area (TPSA) is 64.2 Å². The maximum Gasteiger partial charge on any atom is 0.292 e. The Morgan fingerprint density at radius 1 is 1.21 bits per heavy atom. The van der Waals surface area contributed by atoms with Crippen LogP contribution in [0.5, 0.6) is 0 Å². The van der Waals surface area contributed by atoms with E-state index < -0.39 is 17.2 Å². The number of hydrogen-bond acceptors (Lipinski definition) is 4. The Hall–Kier alpha value is -3.26. The van der Waals surface area contributed by atoms with Crippen LogP contribution in [0.2, 0.25) is 5.02 Å². The van der Waals surface area contributed by atoms with Crippen LogP contribution < -0.4 is 10.9 Å². The van der Waals surface area contributed by atoms with E-state index in [9.17, 15) is 13.6 Å². The second-order valence-electron chi connectivity index (χ2n) is 6.17.